The normalized spacial score (nSPS) is 20.8. The van der Waals surface area contributed by atoms with E-state index in [2.05, 4.69) is 34.7 Å². The average molecular weight is 461 g/mol. The van der Waals surface area contributed by atoms with Gasteiger partial charge in [0.05, 0.1) is 7.11 Å². The number of aromatic nitrogens is 1. The van der Waals surface area contributed by atoms with Crippen LogP contribution in [0.4, 0.5) is 10.6 Å². The second-order valence-electron chi connectivity index (χ2n) is 10.4. The molecule has 0 bridgehead atoms. The molecule has 0 aromatic carbocycles. The van der Waals surface area contributed by atoms with Crippen LogP contribution in [0.1, 0.15) is 64.1 Å². The number of alkyl carbamates (subject to hydrolysis) is 1. The zero-order chi connectivity index (χ0) is 24.0. The van der Waals surface area contributed by atoms with Crippen molar-refractivity contribution in [3.05, 3.63) is 23.4 Å². The lowest BCUT2D eigenvalue weighted by atomic mass is 9.76. The number of carbonyl (C=O) groups excluding carboxylic acids is 2. The molecule has 1 fully saturated rings. The molecule has 1 unspecified atom stereocenters. The molecule has 8 nitrogen and oxygen atoms in total. The molecule has 2 aliphatic rings. The quantitative estimate of drug-likeness (QED) is 0.545. The van der Waals surface area contributed by atoms with Crippen LogP contribution in [0, 0.1) is 5.92 Å². The Morgan fingerprint density at radius 2 is 2.06 bits per heavy atom. The highest BCUT2D eigenvalue weighted by Gasteiger charge is 2.33. The maximum atomic E-state index is 12.1. The summed E-state index contributed by atoms with van der Waals surface area (Å²) >= 11 is 0. The van der Waals surface area contributed by atoms with E-state index in [1.54, 1.807) is 20.8 Å². The molecule has 1 aliphatic heterocycles. The van der Waals surface area contributed by atoms with Crippen LogP contribution in [-0.2, 0) is 27.1 Å². The lowest BCUT2D eigenvalue weighted by Gasteiger charge is -2.41. The lowest BCUT2D eigenvalue weighted by Crippen LogP contribution is -2.48. The summed E-state index contributed by atoms with van der Waals surface area (Å²) in [6.07, 6.45) is 6.66. The van der Waals surface area contributed by atoms with Crippen molar-refractivity contribution in [2.24, 2.45) is 5.92 Å². The maximum absolute atomic E-state index is 12.1. The molecular weight excluding hydrogens is 420 g/mol. The Bertz CT molecular complexity index is 817. The van der Waals surface area contributed by atoms with Crippen molar-refractivity contribution in [1.29, 1.82) is 0 Å². The zero-order valence-electron chi connectivity index (χ0n) is 20.8. The first-order chi connectivity index (χ1) is 15.6. The minimum atomic E-state index is -0.716. The largest absolute Gasteiger partial charge is 0.467 e. The third-order valence-corrected chi connectivity index (χ3v) is 6.54. The Balaban J connectivity index is 1.39. The molecular formula is C25H40N4O4. The fourth-order valence-corrected chi connectivity index (χ4v) is 4.51. The minimum absolute atomic E-state index is 0.451. The number of fused-ring (bicyclic) bond motifs is 1. The highest BCUT2D eigenvalue weighted by Crippen LogP contribution is 2.34. The highest BCUT2D eigenvalue weighted by molar-refractivity contribution is 5.81. The number of anilines is 1. The first-order valence-electron chi connectivity index (χ1n) is 12.1. The number of rotatable bonds is 9. The zero-order valence-corrected chi connectivity index (χ0v) is 20.8. The van der Waals surface area contributed by atoms with E-state index >= 15 is 0 Å². The molecule has 0 saturated heterocycles. The van der Waals surface area contributed by atoms with Crippen LogP contribution in [-0.4, -0.2) is 66.9 Å². The van der Waals surface area contributed by atoms with E-state index in [4.69, 9.17) is 14.5 Å². The lowest BCUT2D eigenvalue weighted by molar-refractivity contribution is -0.143. The van der Waals surface area contributed by atoms with E-state index in [1.807, 2.05) is 0 Å². The van der Waals surface area contributed by atoms with E-state index in [0.717, 1.165) is 44.5 Å². The fourth-order valence-electron chi connectivity index (χ4n) is 4.51. The number of nitrogens with zero attached hydrogens (tertiary/aromatic N) is 2. The third kappa shape index (κ3) is 7.59. The predicted octanol–water partition coefficient (Wildman–Crippen LogP) is 3.54. The second-order valence-corrected chi connectivity index (χ2v) is 10.4. The number of carbonyl (C=O) groups is 2. The van der Waals surface area contributed by atoms with E-state index in [0.29, 0.717) is 24.9 Å². The van der Waals surface area contributed by atoms with Crippen LogP contribution in [0.3, 0.4) is 0 Å². The van der Waals surface area contributed by atoms with Gasteiger partial charge in [0.25, 0.3) is 0 Å². The predicted molar refractivity (Wildman–Crippen MR) is 128 cm³/mol. The van der Waals surface area contributed by atoms with E-state index in [-0.39, 0.29) is 0 Å². The van der Waals surface area contributed by atoms with E-state index < -0.39 is 23.7 Å². The summed E-state index contributed by atoms with van der Waals surface area (Å²) in [5.41, 5.74) is 1.89. The molecule has 3 rings (SSSR count). The number of amides is 1. The molecule has 1 amide bonds. The van der Waals surface area contributed by atoms with Gasteiger partial charge in [-0.1, -0.05) is 6.07 Å². The van der Waals surface area contributed by atoms with Crippen LogP contribution in [0.5, 0.6) is 0 Å². The van der Waals surface area contributed by atoms with Gasteiger partial charge in [0, 0.05) is 24.8 Å². The number of hydrogen-bond acceptors (Lipinski definition) is 7. The Morgan fingerprint density at radius 1 is 1.30 bits per heavy atom. The molecule has 1 aliphatic carbocycles. The number of ether oxygens (including phenoxy) is 2. The standard InChI is InChI=1S/C25H40N4O4/c1-25(2,3)33-24(31)28-21(23(30)32-5)12-14-29(4)20-15-17(16-20)8-10-19-11-9-18-7-6-13-26-22(18)27-19/h9,11,17,20-21H,6-8,10,12-16H2,1-5H3,(H,26,27)(H,28,31). The molecule has 1 aromatic heterocycles. The molecule has 2 N–H and O–H groups in total. The highest BCUT2D eigenvalue weighted by atomic mass is 16.6. The molecule has 1 aromatic rings. The van der Waals surface area contributed by atoms with Crippen molar-refractivity contribution >= 4 is 17.9 Å². The van der Waals surface area contributed by atoms with Gasteiger partial charge in [-0.3, -0.25) is 0 Å². The monoisotopic (exact) mass is 460 g/mol. The van der Waals surface area contributed by atoms with Crippen molar-refractivity contribution in [1.82, 2.24) is 15.2 Å². The van der Waals surface area contributed by atoms with E-state index in [9.17, 15) is 9.59 Å². The van der Waals surface area contributed by atoms with Gasteiger partial charge in [0.2, 0.25) is 0 Å². The average Bonchev–Trinajstić information content (AvgIpc) is 2.73. The summed E-state index contributed by atoms with van der Waals surface area (Å²) in [4.78, 5) is 31.3. The smallest absolute Gasteiger partial charge is 0.408 e. The van der Waals surface area contributed by atoms with Crippen molar-refractivity contribution < 1.29 is 19.1 Å². The summed E-state index contributed by atoms with van der Waals surface area (Å²) in [7, 11) is 3.42. The summed E-state index contributed by atoms with van der Waals surface area (Å²) in [6, 6.07) is 4.20. The molecule has 1 atom stereocenters. The van der Waals surface area contributed by atoms with Crippen molar-refractivity contribution in [2.45, 2.75) is 83.4 Å². The number of nitrogens with one attached hydrogen (secondary N) is 2. The summed E-state index contributed by atoms with van der Waals surface area (Å²) in [5.74, 6) is 1.33. The van der Waals surface area contributed by atoms with Crippen LogP contribution >= 0.6 is 0 Å². The molecule has 8 heteroatoms. The fraction of sp³-hybridized carbons (Fsp3) is 0.720. The Morgan fingerprint density at radius 3 is 2.76 bits per heavy atom. The van der Waals surface area contributed by atoms with Crippen molar-refractivity contribution in [3.8, 4) is 0 Å². The van der Waals surface area contributed by atoms with Gasteiger partial charge in [-0.05, 0) is 90.3 Å². The van der Waals surface area contributed by atoms with Gasteiger partial charge >= 0.3 is 12.1 Å². The van der Waals surface area contributed by atoms with Gasteiger partial charge in [0.1, 0.15) is 17.5 Å². The number of aryl methyl sites for hydroxylation is 2. The van der Waals surface area contributed by atoms with Gasteiger partial charge < -0.3 is 25.0 Å². The number of pyridine rings is 1. The van der Waals surface area contributed by atoms with Crippen LogP contribution in [0.25, 0.3) is 0 Å². The van der Waals surface area contributed by atoms with Crippen LogP contribution in [0.15, 0.2) is 12.1 Å². The Hall–Kier alpha value is -2.35. The van der Waals surface area contributed by atoms with Gasteiger partial charge in [0.15, 0.2) is 0 Å². The van der Waals surface area contributed by atoms with Gasteiger partial charge in [-0.25, -0.2) is 14.6 Å². The van der Waals surface area contributed by atoms with Crippen LogP contribution < -0.4 is 10.6 Å². The molecule has 0 radical (unpaired) electrons. The van der Waals surface area contributed by atoms with Gasteiger partial charge in [-0.15, -0.1) is 0 Å². The number of methoxy groups -OCH3 is 1. The molecule has 0 spiro atoms. The Labute approximate surface area is 197 Å². The summed E-state index contributed by atoms with van der Waals surface area (Å²) in [5, 5.41) is 6.06. The van der Waals surface area contributed by atoms with Gasteiger partial charge in [-0.2, -0.15) is 0 Å². The molecule has 1 saturated carbocycles. The first-order valence-corrected chi connectivity index (χ1v) is 12.1. The maximum Gasteiger partial charge on any atom is 0.408 e. The second kappa shape index (κ2) is 11.2. The SMILES string of the molecule is COC(=O)C(CCN(C)C1CC(CCc2ccc3c(n2)NCCC3)C1)NC(=O)OC(C)(C)C. The van der Waals surface area contributed by atoms with E-state index in [1.165, 1.54) is 24.8 Å². The third-order valence-electron chi connectivity index (χ3n) is 6.54. The molecule has 33 heavy (non-hydrogen) atoms. The first kappa shape index (κ1) is 25.3. The number of esters is 1. The summed E-state index contributed by atoms with van der Waals surface area (Å²) in [6.45, 7) is 7.09. The number of hydrogen-bond donors (Lipinski definition) is 2. The topological polar surface area (TPSA) is 92.8 Å². The van der Waals surface area contributed by atoms with Crippen molar-refractivity contribution in [3.63, 3.8) is 0 Å². The Kier molecular flexibility index (Phi) is 8.57. The minimum Gasteiger partial charge on any atom is -0.467 e. The molecule has 2 heterocycles. The van der Waals surface area contributed by atoms with Crippen molar-refractivity contribution in [2.75, 3.05) is 32.6 Å². The molecule has 184 valence electrons. The van der Waals surface area contributed by atoms with Crippen LogP contribution in [0.2, 0.25) is 0 Å². The summed E-state index contributed by atoms with van der Waals surface area (Å²) < 4.78 is 10.1.